The first-order valence-electron chi connectivity index (χ1n) is 6.52. The molecular formula is C15H26O3. The van der Waals surface area contributed by atoms with E-state index in [4.69, 9.17) is 4.74 Å². The minimum atomic E-state index is -0.874. The summed E-state index contributed by atoms with van der Waals surface area (Å²) in [5.74, 6) is 0. The number of hydrogen-bond donors (Lipinski definition) is 2. The van der Waals surface area contributed by atoms with E-state index in [1.54, 1.807) is 20.8 Å². The Morgan fingerprint density at radius 1 is 1.39 bits per heavy atom. The smallest absolute Gasteiger partial charge is 0.0869 e. The minimum absolute atomic E-state index is 0.132. The quantitative estimate of drug-likeness (QED) is 0.741. The van der Waals surface area contributed by atoms with E-state index in [2.05, 4.69) is 6.58 Å². The molecule has 0 spiro atoms. The van der Waals surface area contributed by atoms with E-state index >= 15 is 0 Å². The first-order chi connectivity index (χ1) is 8.08. The van der Waals surface area contributed by atoms with E-state index in [0.717, 1.165) is 12.8 Å². The maximum Gasteiger partial charge on any atom is 0.0869 e. The normalized spacial score (nSPS) is 32.7. The van der Waals surface area contributed by atoms with Gasteiger partial charge in [0, 0.05) is 0 Å². The van der Waals surface area contributed by atoms with Crippen LogP contribution in [0.25, 0.3) is 0 Å². The second kappa shape index (κ2) is 5.16. The zero-order chi connectivity index (χ0) is 14.0. The number of hydrogen-bond acceptors (Lipinski definition) is 3. The molecule has 18 heavy (non-hydrogen) atoms. The Kier molecular flexibility index (Phi) is 4.42. The van der Waals surface area contributed by atoms with Crippen LogP contribution in [0.1, 0.15) is 47.0 Å². The van der Waals surface area contributed by atoms with Gasteiger partial charge in [-0.25, -0.2) is 0 Å². The summed E-state index contributed by atoms with van der Waals surface area (Å²) in [5, 5.41) is 19.8. The molecule has 1 rings (SSSR count). The van der Waals surface area contributed by atoms with Crippen molar-refractivity contribution in [2.24, 2.45) is 0 Å². The molecule has 0 aliphatic carbocycles. The van der Waals surface area contributed by atoms with E-state index in [0.29, 0.717) is 6.42 Å². The summed E-state index contributed by atoms with van der Waals surface area (Å²) < 4.78 is 5.92. The van der Waals surface area contributed by atoms with Gasteiger partial charge in [-0.15, -0.1) is 6.58 Å². The Morgan fingerprint density at radius 2 is 2.00 bits per heavy atom. The molecule has 1 heterocycles. The van der Waals surface area contributed by atoms with Crippen LogP contribution in [0.3, 0.4) is 0 Å². The second-order valence-corrected chi connectivity index (χ2v) is 6.28. The molecular weight excluding hydrogens is 228 g/mol. The fourth-order valence-electron chi connectivity index (χ4n) is 2.11. The van der Waals surface area contributed by atoms with Crippen LogP contribution in [0.5, 0.6) is 0 Å². The third kappa shape index (κ3) is 4.23. The van der Waals surface area contributed by atoms with Crippen molar-refractivity contribution in [3.63, 3.8) is 0 Å². The third-order valence-corrected chi connectivity index (χ3v) is 3.54. The average Bonchev–Trinajstić information content (AvgIpc) is 2.60. The predicted molar refractivity (Wildman–Crippen MR) is 73.4 cm³/mol. The molecule has 1 aliphatic rings. The van der Waals surface area contributed by atoms with E-state index < -0.39 is 11.2 Å². The van der Waals surface area contributed by atoms with Gasteiger partial charge in [-0.1, -0.05) is 18.2 Å². The molecule has 0 amide bonds. The molecule has 0 bridgehead atoms. The molecule has 1 fully saturated rings. The molecule has 1 unspecified atom stereocenters. The first-order valence-corrected chi connectivity index (χ1v) is 6.52. The molecule has 1 aliphatic heterocycles. The topological polar surface area (TPSA) is 49.7 Å². The number of aliphatic hydroxyl groups is 2. The molecule has 0 aromatic rings. The van der Waals surface area contributed by atoms with Crippen molar-refractivity contribution in [1.29, 1.82) is 0 Å². The van der Waals surface area contributed by atoms with Crippen LogP contribution in [-0.4, -0.2) is 33.1 Å². The van der Waals surface area contributed by atoms with E-state index in [1.165, 1.54) is 6.08 Å². The van der Waals surface area contributed by atoms with Crippen LogP contribution < -0.4 is 0 Å². The van der Waals surface area contributed by atoms with E-state index in [9.17, 15) is 10.2 Å². The Hall–Kier alpha value is -0.640. The van der Waals surface area contributed by atoms with Gasteiger partial charge in [0.2, 0.25) is 0 Å². The van der Waals surface area contributed by atoms with Gasteiger partial charge in [-0.05, 0) is 47.0 Å². The van der Waals surface area contributed by atoms with Crippen molar-refractivity contribution in [3.05, 3.63) is 24.8 Å². The summed E-state index contributed by atoms with van der Waals surface area (Å²) in [7, 11) is 0. The largest absolute Gasteiger partial charge is 0.388 e. The fraction of sp³-hybridized carbons (Fsp3) is 0.733. The Bertz CT molecular complexity index is 325. The third-order valence-electron chi connectivity index (χ3n) is 3.54. The van der Waals surface area contributed by atoms with Crippen molar-refractivity contribution < 1.29 is 14.9 Å². The molecule has 1 saturated heterocycles. The molecule has 2 N–H and O–H groups in total. The van der Waals surface area contributed by atoms with Crippen LogP contribution in [0.2, 0.25) is 0 Å². The molecule has 0 aromatic heterocycles. The summed E-state index contributed by atoms with van der Waals surface area (Å²) in [6.45, 7) is 10.9. The minimum Gasteiger partial charge on any atom is -0.388 e. The van der Waals surface area contributed by atoms with Gasteiger partial charge < -0.3 is 14.9 Å². The molecule has 104 valence electrons. The predicted octanol–water partition coefficient (Wildman–Crippen LogP) is 2.58. The Labute approximate surface area is 110 Å². The second-order valence-electron chi connectivity index (χ2n) is 6.28. The monoisotopic (exact) mass is 254 g/mol. The molecule has 0 aromatic carbocycles. The molecule has 0 radical (unpaired) electrons. The van der Waals surface area contributed by atoms with Crippen molar-refractivity contribution >= 4 is 0 Å². The number of rotatable bonds is 5. The van der Waals surface area contributed by atoms with Gasteiger partial charge in [0.25, 0.3) is 0 Å². The van der Waals surface area contributed by atoms with Crippen LogP contribution in [0, 0.1) is 0 Å². The summed E-state index contributed by atoms with van der Waals surface area (Å²) in [6.07, 6.45) is 7.56. The van der Waals surface area contributed by atoms with Crippen LogP contribution in [0.4, 0.5) is 0 Å². The zero-order valence-corrected chi connectivity index (χ0v) is 11.9. The first kappa shape index (κ1) is 15.4. The highest BCUT2D eigenvalue weighted by atomic mass is 16.5. The molecule has 3 nitrogen and oxygen atoms in total. The van der Waals surface area contributed by atoms with Crippen molar-refractivity contribution in [3.8, 4) is 0 Å². The lowest BCUT2D eigenvalue weighted by molar-refractivity contribution is -0.0999. The highest BCUT2D eigenvalue weighted by Crippen LogP contribution is 2.36. The summed E-state index contributed by atoms with van der Waals surface area (Å²) in [5.41, 5.74) is -2.03. The van der Waals surface area contributed by atoms with Gasteiger partial charge in [0.1, 0.15) is 0 Å². The van der Waals surface area contributed by atoms with Crippen molar-refractivity contribution in [2.75, 3.05) is 0 Å². The number of ether oxygens (including phenoxy) is 1. The Balaban J connectivity index is 2.58. The van der Waals surface area contributed by atoms with E-state index in [-0.39, 0.29) is 11.7 Å². The van der Waals surface area contributed by atoms with Gasteiger partial charge in [0.05, 0.1) is 22.9 Å². The highest BCUT2D eigenvalue weighted by Gasteiger charge is 2.40. The van der Waals surface area contributed by atoms with Gasteiger partial charge in [-0.2, -0.15) is 0 Å². The summed E-state index contributed by atoms with van der Waals surface area (Å²) >= 11 is 0. The lowest BCUT2D eigenvalue weighted by Gasteiger charge is -2.28. The lowest BCUT2D eigenvalue weighted by Crippen LogP contribution is -2.37. The van der Waals surface area contributed by atoms with Gasteiger partial charge in [-0.3, -0.25) is 0 Å². The zero-order valence-electron chi connectivity index (χ0n) is 11.9. The average molecular weight is 254 g/mol. The summed E-state index contributed by atoms with van der Waals surface area (Å²) in [6, 6.07) is 0. The molecule has 3 atom stereocenters. The lowest BCUT2D eigenvalue weighted by atomic mass is 9.95. The van der Waals surface area contributed by atoms with Crippen LogP contribution in [0.15, 0.2) is 24.8 Å². The highest BCUT2D eigenvalue weighted by molar-refractivity contribution is 5.08. The van der Waals surface area contributed by atoms with Crippen LogP contribution in [-0.2, 0) is 4.74 Å². The fourth-order valence-corrected chi connectivity index (χ4v) is 2.11. The van der Waals surface area contributed by atoms with Gasteiger partial charge in [0.15, 0.2) is 0 Å². The SMILES string of the molecule is C=CC(C)(O)C/C=C\[C@@]1(C)CC[C@@H](C(C)(C)O)O1. The molecule has 0 saturated carbocycles. The van der Waals surface area contributed by atoms with Crippen LogP contribution >= 0.6 is 0 Å². The maximum absolute atomic E-state index is 9.94. The standard InChI is InChI=1S/C15H26O3/c1-6-14(4,17)9-7-10-15(5)11-8-12(18-15)13(2,3)16/h6-7,10,12,16-17H,1,8-9,11H2,2-5H3/b10-7-/t12-,14?,15-/m0/s1. The molecule has 3 heteroatoms. The maximum atomic E-state index is 9.94. The van der Waals surface area contributed by atoms with Crippen molar-refractivity contribution in [1.82, 2.24) is 0 Å². The van der Waals surface area contributed by atoms with Gasteiger partial charge >= 0.3 is 0 Å². The summed E-state index contributed by atoms with van der Waals surface area (Å²) in [4.78, 5) is 0. The van der Waals surface area contributed by atoms with Crippen molar-refractivity contribution in [2.45, 2.75) is 69.9 Å². The Morgan fingerprint density at radius 3 is 2.44 bits per heavy atom. The van der Waals surface area contributed by atoms with E-state index in [1.807, 2.05) is 19.1 Å².